The summed E-state index contributed by atoms with van der Waals surface area (Å²) in [6.45, 7) is 1.86. The highest BCUT2D eigenvalue weighted by Gasteiger charge is 2.21. The van der Waals surface area contributed by atoms with Gasteiger partial charge in [-0.2, -0.15) is 0 Å². The number of rotatable bonds is 4. The highest BCUT2D eigenvalue weighted by atomic mass is 32.2. The van der Waals surface area contributed by atoms with E-state index in [1.807, 2.05) is 6.92 Å². The van der Waals surface area contributed by atoms with E-state index in [4.69, 9.17) is 5.73 Å². The summed E-state index contributed by atoms with van der Waals surface area (Å²) in [5, 5.41) is 0. The number of nitrogens with one attached hydrogen (secondary N) is 1. The predicted octanol–water partition coefficient (Wildman–Crippen LogP) is 1.59. The molecule has 2 rings (SSSR count). The lowest BCUT2D eigenvalue weighted by molar-refractivity contribution is 0.558. The predicted molar refractivity (Wildman–Crippen MR) is 73.8 cm³/mol. The van der Waals surface area contributed by atoms with Crippen molar-refractivity contribution in [3.8, 4) is 0 Å². The zero-order valence-electron chi connectivity index (χ0n) is 10.8. The molecule has 1 heterocycles. The molecule has 106 valence electrons. The van der Waals surface area contributed by atoms with E-state index in [2.05, 4.69) is 9.71 Å². The quantitative estimate of drug-likeness (QED) is 0.839. The minimum absolute atomic E-state index is 0.0461. The summed E-state index contributed by atoms with van der Waals surface area (Å²) in [5.74, 6) is -0.871. The number of hydrogen-bond acceptors (Lipinski definition) is 4. The van der Waals surface area contributed by atoms with E-state index < -0.39 is 20.7 Å². The largest absolute Gasteiger partial charge is 0.398 e. The number of halogens is 1. The average Bonchev–Trinajstić information content (AvgIpc) is 2.37. The van der Waals surface area contributed by atoms with Crippen molar-refractivity contribution in [3.05, 3.63) is 53.6 Å². The summed E-state index contributed by atoms with van der Waals surface area (Å²) in [4.78, 5) is 3.40. The number of aromatic nitrogens is 1. The first kappa shape index (κ1) is 14.4. The second-order valence-electron chi connectivity index (χ2n) is 4.28. The molecule has 5 nitrogen and oxygen atoms in total. The fraction of sp³-hybridized carbons (Fsp3) is 0.154. The van der Waals surface area contributed by atoms with E-state index in [-0.39, 0.29) is 12.2 Å². The molecule has 0 radical (unpaired) electrons. The van der Waals surface area contributed by atoms with Crippen LogP contribution in [0.3, 0.4) is 0 Å². The summed E-state index contributed by atoms with van der Waals surface area (Å²) in [6.07, 6.45) is 3.19. The number of anilines is 1. The van der Waals surface area contributed by atoms with Crippen LogP contribution in [0.15, 0.2) is 41.6 Å². The van der Waals surface area contributed by atoms with Gasteiger partial charge in [-0.05, 0) is 36.2 Å². The number of hydrogen-bond donors (Lipinski definition) is 2. The third kappa shape index (κ3) is 2.94. The maximum Gasteiger partial charge on any atom is 0.245 e. The van der Waals surface area contributed by atoms with Crippen molar-refractivity contribution in [1.29, 1.82) is 0 Å². The maximum atomic E-state index is 13.6. The molecule has 0 spiro atoms. The Labute approximate surface area is 116 Å². The van der Waals surface area contributed by atoms with Crippen LogP contribution in [0.5, 0.6) is 0 Å². The highest BCUT2D eigenvalue weighted by molar-refractivity contribution is 7.89. The van der Waals surface area contributed by atoms with Gasteiger partial charge in [-0.15, -0.1) is 0 Å². The summed E-state index contributed by atoms with van der Waals surface area (Å²) < 4.78 is 40.2. The fourth-order valence-electron chi connectivity index (χ4n) is 1.75. The van der Waals surface area contributed by atoms with Gasteiger partial charge in [-0.25, -0.2) is 17.5 Å². The lowest BCUT2D eigenvalue weighted by atomic mass is 10.2. The SMILES string of the molecule is Cc1cnccc1CNS(=O)(=O)c1c(N)cccc1F. The van der Waals surface area contributed by atoms with Crippen LogP contribution in [-0.2, 0) is 16.6 Å². The summed E-state index contributed by atoms with van der Waals surface area (Å²) in [6, 6.07) is 5.46. The van der Waals surface area contributed by atoms with Crippen LogP contribution in [0, 0.1) is 12.7 Å². The molecule has 0 atom stereocenters. The van der Waals surface area contributed by atoms with Gasteiger partial charge in [0.05, 0.1) is 5.69 Å². The minimum Gasteiger partial charge on any atom is -0.398 e. The molecule has 0 fully saturated rings. The molecule has 2 aromatic rings. The smallest absolute Gasteiger partial charge is 0.245 e. The lowest BCUT2D eigenvalue weighted by Gasteiger charge is -2.11. The van der Waals surface area contributed by atoms with Crippen LogP contribution in [0.1, 0.15) is 11.1 Å². The molecular formula is C13H14FN3O2S. The Balaban J connectivity index is 2.27. The van der Waals surface area contributed by atoms with Crippen LogP contribution in [-0.4, -0.2) is 13.4 Å². The Morgan fingerprint density at radius 1 is 1.35 bits per heavy atom. The van der Waals surface area contributed by atoms with Gasteiger partial charge in [0.25, 0.3) is 0 Å². The second kappa shape index (κ2) is 5.56. The van der Waals surface area contributed by atoms with Crippen molar-refractivity contribution in [2.24, 2.45) is 0 Å². The zero-order valence-corrected chi connectivity index (χ0v) is 11.6. The molecule has 3 N–H and O–H groups in total. The first-order valence-corrected chi connectivity index (χ1v) is 7.33. The molecule has 0 saturated carbocycles. The van der Waals surface area contributed by atoms with Gasteiger partial charge in [0.15, 0.2) is 0 Å². The lowest BCUT2D eigenvalue weighted by Crippen LogP contribution is -2.25. The van der Waals surface area contributed by atoms with E-state index in [1.54, 1.807) is 18.5 Å². The van der Waals surface area contributed by atoms with Crippen LogP contribution >= 0.6 is 0 Å². The molecule has 7 heteroatoms. The summed E-state index contributed by atoms with van der Waals surface area (Å²) >= 11 is 0. The molecule has 0 amide bonds. The Bertz CT molecular complexity index is 712. The summed E-state index contributed by atoms with van der Waals surface area (Å²) in [5.41, 5.74) is 7.02. The van der Waals surface area contributed by atoms with E-state index in [1.165, 1.54) is 12.1 Å². The van der Waals surface area contributed by atoms with Gasteiger partial charge in [0.1, 0.15) is 10.7 Å². The van der Waals surface area contributed by atoms with E-state index in [0.717, 1.165) is 17.2 Å². The maximum absolute atomic E-state index is 13.6. The van der Waals surface area contributed by atoms with Crippen molar-refractivity contribution in [2.45, 2.75) is 18.4 Å². The van der Waals surface area contributed by atoms with Gasteiger partial charge in [0, 0.05) is 18.9 Å². The van der Waals surface area contributed by atoms with E-state index in [9.17, 15) is 12.8 Å². The van der Waals surface area contributed by atoms with Crippen LogP contribution in [0.2, 0.25) is 0 Å². The topological polar surface area (TPSA) is 85.1 Å². The van der Waals surface area contributed by atoms with Gasteiger partial charge in [-0.3, -0.25) is 4.98 Å². The summed E-state index contributed by atoms with van der Waals surface area (Å²) in [7, 11) is -4.01. The highest BCUT2D eigenvalue weighted by Crippen LogP contribution is 2.21. The van der Waals surface area contributed by atoms with Gasteiger partial charge < -0.3 is 5.73 Å². The first-order valence-electron chi connectivity index (χ1n) is 5.85. The molecule has 1 aromatic heterocycles. The van der Waals surface area contributed by atoms with Crippen molar-refractivity contribution in [1.82, 2.24) is 9.71 Å². The van der Waals surface area contributed by atoms with Gasteiger partial charge >= 0.3 is 0 Å². The molecule has 0 bridgehead atoms. The first-order chi connectivity index (χ1) is 9.42. The van der Waals surface area contributed by atoms with Crippen molar-refractivity contribution in [2.75, 3.05) is 5.73 Å². The fourth-order valence-corrected chi connectivity index (χ4v) is 2.95. The second-order valence-corrected chi connectivity index (χ2v) is 5.99. The number of nitrogens with two attached hydrogens (primary N) is 1. The number of sulfonamides is 1. The third-order valence-corrected chi connectivity index (χ3v) is 4.35. The minimum atomic E-state index is -4.01. The third-order valence-electron chi connectivity index (χ3n) is 2.86. The van der Waals surface area contributed by atoms with Gasteiger partial charge in [-0.1, -0.05) is 6.07 Å². The molecular weight excluding hydrogens is 281 g/mol. The average molecular weight is 295 g/mol. The van der Waals surface area contributed by atoms with Crippen molar-refractivity contribution >= 4 is 15.7 Å². The van der Waals surface area contributed by atoms with Crippen LogP contribution < -0.4 is 10.5 Å². The Kier molecular flexibility index (Phi) is 4.01. The zero-order chi connectivity index (χ0) is 14.8. The van der Waals surface area contributed by atoms with Crippen molar-refractivity contribution < 1.29 is 12.8 Å². The number of pyridine rings is 1. The molecule has 0 saturated heterocycles. The number of benzene rings is 1. The number of nitrogens with zero attached hydrogens (tertiary/aromatic N) is 1. The monoisotopic (exact) mass is 295 g/mol. The number of nitrogen functional groups attached to an aromatic ring is 1. The molecule has 20 heavy (non-hydrogen) atoms. The molecule has 0 aliphatic rings. The molecule has 0 aliphatic carbocycles. The molecule has 0 aliphatic heterocycles. The molecule has 1 aromatic carbocycles. The van der Waals surface area contributed by atoms with Gasteiger partial charge in [0.2, 0.25) is 10.0 Å². The Morgan fingerprint density at radius 3 is 2.75 bits per heavy atom. The standard InChI is InChI=1S/C13H14FN3O2S/c1-9-7-16-6-5-10(9)8-17-20(18,19)13-11(14)3-2-4-12(13)15/h2-7,17H,8,15H2,1H3. The van der Waals surface area contributed by atoms with Crippen LogP contribution in [0.25, 0.3) is 0 Å². The Morgan fingerprint density at radius 2 is 2.10 bits per heavy atom. The molecule has 0 unspecified atom stereocenters. The Hall–Kier alpha value is -1.99. The van der Waals surface area contributed by atoms with Crippen molar-refractivity contribution in [3.63, 3.8) is 0 Å². The van der Waals surface area contributed by atoms with Crippen LogP contribution in [0.4, 0.5) is 10.1 Å². The normalized spacial score (nSPS) is 11.5. The van der Waals surface area contributed by atoms with E-state index in [0.29, 0.717) is 0 Å². The number of aryl methyl sites for hydroxylation is 1. The van der Waals surface area contributed by atoms with E-state index >= 15 is 0 Å².